The molecule has 2 rings (SSSR count). The second-order valence-electron chi connectivity index (χ2n) is 4.65. The Morgan fingerprint density at radius 3 is 2.85 bits per heavy atom. The molecule has 0 aliphatic heterocycles. The molecule has 2 aromatic rings. The molecule has 0 saturated carbocycles. The lowest BCUT2D eigenvalue weighted by Crippen LogP contribution is -2.23. The number of hydrogen-bond acceptors (Lipinski definition) is 3. The molecular formula is C14H17F2N3O. The molecule has 0 saturated heterocycles. The Hall–Kier alpha value is -1.95. The molecule has 0 fully saturated rings. The first-order valence-corrected chi connectivity index (χ1v) is 6.28. The summed E-state index contributed by atoms with van der Waals surface area (Å²) < 4.78 is 33.8. The fraction of sp³-hybridized carbons (Fsp3) is 0.357. The molecule has 1 unspecified atom stereocenters. The summed E-state index contributed by atoms with van der Waals surface area (Å²) >= 11 is 0. The van der Waals surface area contributed by atoms with Crippen molar-refractivity contribution >= 4 is 5.95 Å². The van der Waals surface area contributed by atoms with E-state index in [-0.39, 0.29) is 11.7 Å². The second-order valence-corrected chi connectivity index (χ2v) is 4.65. The van der Waals surface area contributed by atoms with Crippen LogP contribution in [0.15, 0.2) is 24.4 Å². The van der Waals surface area contributed by atoms with Crippen LogP contribution in [-0.4, -0.2) is 29.3 Å². The van der Waals surface area contributed by atoms with Crippen LogP contribution in [-0.2, 0) is 4.74 Å². The van der Waals surface area contributed by atoms with Gasteiger partial charge in [-0.15, -0.1) is 0 Å². The van der Waals surface area contributed by atoms with Gasteiger partial charge in [0, 0.05) is 19.3 Å². The van der Waals surface area contributed by atoms with Crippen molar-refractivity contribution in [3.63, 3.8) is 0 Å². The molecule has 1 atom stereocenters. The summed E-state index contributed by atoms with van der Waals surface area (Å²) in [7, 11) is 1.60. The van der Waals surface area contributed by atoms with Crippen LogP contribution >= 0.6 is 0 Å². The number of aromatic nitrogens is 2. The van der Waals surface area contributed by atoms with Gasteiger partial charge in [0.25, 0.3) is 0 Å². The van der Waals surface area contributed by atoms with Crippen LogP contribution in [0.5, 0.6) is 0 Å². The van der Waals surface area contributed by atoms with E-state index in [0.717, 1.165) is 6.07 Å². The Morgan fingerprint density at radius 1 is 1.40 bits per heavy atom. The summed E-state index contributed by atoms with van der Waals surface area (Å²) in [5, 5.41) is 3.12. The first-order valence-electron chi connectivity index (χ1n) is 6.28. The van der Waals surface area contributed by atoms with Crippen molar-refractivity contribution in [3.05, 3.63) is 41.7 Å². The van der Waals surface area contributed by atoms with E-state index in [1.54, 1.807) is 20.2 Å². The summed E-state index contributed by atoms with van der Waals surface area (Å²) in [5.41, 5.74) is 0.832. The number of ether oxygens (including phenoxy) is 1. The van der Waals surface area contributed by atoms with E-state index < -0.39 is 11.6 Å². The monoisotopic (exact) mass is 281 g/mol. The van der Waals surface area contributed by atoms with Crippen LogP contribution in [0.25, 0.3) is 5.69 Å². The fourth-order valence-corrected chi connectivity index (χ4v) is 1.97. The summed E-state index contributed by atoms with van der Waals surface area (Å²) in [6.45, 7) is 4.19. The Kier molecular flexibility index (Phi) is 4.34. The molecule has 0 amide bonds. The van der Waals surface area contributed by atoms with Crippen LogP contribution in [0, 0.1) is 18.6 Å². The van der Waals surface area contributed by atoms with Gasteiger partial charge in [-0.05, 0) is 26.0 Å². The summed E-state index contributed by atoms with van der Waals surface area (Å²) in [6, 6.07) is 4.05. The van der Waals surface area contributed by atoms with Crippen molar-refractivity contribution in [3.8, 4) is 5.69 Å². The number of halogens is 2. The third-order valence-corrected chi connectivity index (χ3v) is 2.81. The SMILES string of the molecule is COCC(C)Nc1nc(C)cn1-c1cccc(F)c1F. The fourth-order valence-electron chi connectivity index (χ4n) is 1.97. The van der Waals surface area contributed by atoms with E-state index in [0.29, 0.717) is 18.2 Å². The largest absolute Gasteiger partial charge is 0.383 e. The number of imidazole rings is 1. The summed E-state index contributed by atoms with van der Waals surface area (Å²) in [4.78, 5) is 4.29. The van der Waals surface area contributed by atoms with E-state index >= 15 is 0 Å². The van der Waals surface area contributed by atoms with Gasteiger partial charge in [0.05, 0.1) is 18.0 Å². The Labute approximate surface area is 116 Å². The Morgan fingerprint density at radius 2 is 2.15 bits per heavy atom. The zero-order valence-corrected chi connectivity index (χ0v) is 11.7. The molecule has 4 nitrogen and oxygen atoms in total. The molecule has 1 heterocycles. The van der Waals surface area contributed by atoms with Gasteiger partial charge in [-0.25, -0.2) is 13.8 Å². The molecule has 1 N–H and O–H groups in total. The minimum absolute atomic E-state index is 0.00262. The lowest BCUT2D eigenvalue weighted by molar-refractivity contribution is 0.190. The Balaban J connectivity index is 2.39. The first-order chi connectivity index (χ1) is 9.52. The maximum absolute atomic E-state index is 13.9. The predicted molar refractivity (Wildman–Crippen MR) is 73.2 cm³/mol. The highest BCUT2D eigenvalue weighted by Gasteiger charge is 2.15. The number of anilines is 1. The van der Waals surface area contributed by atoms with Crippen LogP contribution < -0.4 is 5.32 Å². The number of nitrogens with zero attached hydrogens (tertiary/aromatic N) is 2. The molecule has 0 radical (unpaired) electrons. The average Bonchev–Trinajstić information content (AvgIpc) is 2.74. The zero-order valence-electron chi connectivity index (χ0n) is 11.7. The molecule has 6 heteroatoms. The number of methoxy groups -OCH3 is 1. The van der Waals surface area contributed by atoms with Crippen LogP contribution in [0.1, 0.15) is 12.6 Å². The van der Waals surface area contributed by atoms with Gasteiger partial charge in [0.2, 0.25) is 5.95 Å². The maximum atomic E-state index is 13.9. The predicted octanol–water partition coefficient (Wildman–Crippen LogP) is 2.91. The standard InChI is InChI=1S/C14H17F2N3O/c1-9-7-19(12-6-4-5-11(15)13(12)16)14(17-9)18-10(2)8-20-3/h4-7,10H,8H2,1-3H3,(H,17,18). The molecule has 20 heavy (non-hydrogen) atoms. The van der Waals surface area contributed by atoms with Gasteiger partial charge >= 0.3 is 0 Å². The molecule has 0 aliphatic carbocycles. The Bertz CT molecular complexity index is 598. The van der Waals surface area contributed by atoms with E-state index in [1.165, 1.54) is 16.7 Å². The number of benzene rings is 1. The lowest BCUT2D eigenvalue weighted by Gasteiger charge is -2.15. The number of rotatable bonds is 5. The molecule has 1 aromatic carbocycles. The molecule has 1 aromatic heterocycles. The van der Waals surface area contributed by atoms with Crippen molar-refractivity contribution in [2.75, 3.05) is 19.0 Å². The molecule has 108 valence electrons. The normalized spacial score (nSPS) is 12.4. The van der Waals surface area contributed by atoms with Gasteiger partial charge in [0.15, 0.2) is 11.6 Å². The number of nitrogens with one attached hydrogen (secondary N) is 1. The molecule has 0 aliphatic rings. The van der Waals surface area contributed by atoms with Crippen molar-refractivity contribution in [1.29, 1.82) is 0 Å². The van der Waals surface area contributed by atoms with Gasteiger partial charge in [-0.2, -0.15) is 0 Å². The van der Waals surface area contributed by atoms with Crippen molar-refractivity contribution in [1.82, 2.24) is 9.55 Å². The van der Waals surface area contributed by atoms with Crippen molar-refractivity contribution in [2.24, 2.45) is 0 Å². The van der Waals surface area contributed by atoms with Gasteiger partial charge in [-0.1, -0.05) is 6.07 Å². The van der Waals surface area contributed by atoms with Crippen LogP contribution in [0.4, 0.5) is 14.7 Å². The maximum Gasteiger partial charge on any atom is 0.208 e. The number of hydrogen-bond donors (Lipinski definition) is 1. The highest BCUT2D eigenvalue weighted by atomic mass is 19.2. The third kappa shape index (κ3) is 2.96. The number of aryl methyl sites for hydroxylation is 1. The molecule has 0 spiro atoms. The molecule has 0 bridgehead atoms. The van der Waals surface area contributed by atoms with E-state index in [1.807, 2.05) is 6.92 Å². The van der Waals surface area contributed by atoms with E-state index in [4.69, 9.17) is 4.74 Å². The highest BCUT2D eigenvalue weighted by molar-refractivity contribution is 5.44. The third-order valence-electron chi connectivity index (χ3n) is 2.81. The second kappa shape index (κ2) is 6.00. The quantitative estimate of drug-likeness (QED) is 0.916. The topological polar surface area (TPSA) is 39.1 Å². The minimum Gasteiger partial charge on any atom is -0.383 e. The van der Waals surface area contributed by atoms with Crippen LogP contribution in [0.3, 0.4) is 0 Å². The van der Waals surface area contributed by atoms with Gasteiger partial charge < -0.3 is 10.1 Å². The molecular weight excluding hydrogens is 264 g/mol. The summed E-state index contributed by atoms with van der Waals surface area (Å²) in [6.07, 6.45) is 1.65. The average molecular weight is 281 g/mol. The van der Waals surface area contributed by atoms with Gasteiger partial charge in [-0.3, -0.25) is 4.57 Å². The van der Waals surface area contributed by atoms with Crippen LogP contribution in [0.2, 0.25) is 0 Å². The van der Waals surface area contributed by atoms with Crippen molar-refractivity contribution < 1.29 is 13.5 Å². The van der Waals surface area contributed by atoms with E-state index in [2.05, 4.69) is 10.3 Å². The lowest BCUT2D eigenvalue weighted by atomic mass is 10.3. The smallest absolute Gasteiger partial charge is 0.208 e. The highest BCUT2D eigenvalue weighted by Crippen LogP contribution is 2.21. The van der Waals surface area contributed by atoms with E-state index in [9.17, 15) is 8.78 Å². The minimum atomic E-state index is -0.896. The summed E-state index contributed by atoms with van der Waals surface area (Å²) in [5.74, 6) is -1.33. The van der Waals surface area contributed by atoms with Gasteiger partial charge in [0.1, 0.15) is 0 Å². The zero-order chi connectivity index (χ0) is 14.7. The van der Waals surface area contributed by atoms with Crippen molar-refractivity contribution in [2.45, 2.75) is 19.9 Å². The first kappa shape index (κ1) is 14.5.